The standard InChI is InChI=1S/C8H9NO5S/c9-1-2-15-3-4(10)7-5(11)6(12)8(13)14-7/h4,7,10-12H,2-3H2. The van der Waals surface area contributed by atoms with E-state index in [4.69, 9.17) is 10.4 Å². The predicted octanol–water partition coefficient (Wildman–Crippen LogP) is -0.143. The number of aliphatic hydroxyl groups excluding tert-OH is 3. The molecule has 1 rings (SSSR count). The van der Waals surface area contributed by atoms with Gasteiger partial charge in [-0.1, -0.05) is 0 Å². The number of carbonyl (C=O) groups excluding carboxylic acids is 1. The number of carbonyl (C=O) groups is 1. The number of hydrogen-bond donors (Lipinski definition) is 3. The molecule has 2 unspecified atom stereocenters. The van der Waals surface area contributed by atoms with E-state index in [9.17, 15) is 15.0 Å². The number of esters is 1. The summed E-state index contributed by atoms with van der Waals surface area (Å²) in [4.78, 5) is 10.8. The van der Waals surface area contributed by atoms with Crippen LogP contribution < -0.4 is 0 Å². The maximum absolute atomic E-state index is 10.8. The van der Waals surface area contributed by atoms with Gasteiger partial charge in [0.25, 0.3) is 0 Å². The molecule has 0 radical (unpaired) electrons. The third-order valence-electron chi connectivity index (χ3n) is 1.74. The molecule has 0 aromatic heterocycles. The first-order valence-electron chi connectivity index (χ1n) is 4.03. The molecule has 3 N–H and O–H groups in total. The summed E-state index contributed by atoms with van der Waals surface area (Å²) in [6.45, 7) is 0. The summed E-state index contributed by atoms with van der Waals surface area (Å²) >= 11 is 1.13. The van der Waals surface area contributed by atoms with Gasteiger partial charge in [-0.05, 0) is 0 Å². The van der Waals surface area contributed by atoms with Crippen molar-refractivity contribution in [2.45, 2.75) is 12.2 Å². The zero-order valence-electron chi connectivity index (χ0n) is 7.58. The lowest BCUT2D eigenvalue weighted by atomic mass is 10.2. The van der Waals surface area contributed by atoms with Crippen molar-refractivity contribution < 1.29 is 24.9 Å². The molecule has 0 saturated heterocycles. The first-order valence-corrected chi connectivity index (χ1v) is 5.19. The molecular formula is C8H9NO5S. The highest BCUT2D eigenvalue weighted by molar-refractivity contribution is 7.99. The van der Waals surface area contributed by atoms with Crippen LogP contribution in [0.5, 0.6) is 0 Å². The van der Waals surface area contributed by atoms with E-state index in [0.29, 0.717) is 0 Å². The fourth-order valence-corrected chi connectivity index (χ4v) is 1.67. The topological polar surface area (TPSA) is 111 Å². The Morgan fingerprint density at radius 1 is 1.60 bits per heavy atom. The molecule has 0 aromatic carbocycles. The number of ether oxygens (including phenoxy) is 1. The monoisotopic (exact) mass is 231 g/mol. The van der Waals surface area contributed by atoms with Crippen molar-refractivity contribution in [2.75, 3.05) is 11.5 Å². The van der Waals surface area contributed by atoms with Crippen LogP contribution in [0.1, 0.15) is 0 Å². The maximum atomic E-state index is 10.8. The Morgan fingerprint density at radius 2 is 2.27 bits per heavy atom. The summed E-state index contributed by atoms with van der Waals surface area (Å²) in [5.74, 6) is -2.27. The fraction of sp³-hybridized carbons (Fsp3) is 0.500. The molecule has 7 heteroatoms. The Bertz CT molecular complexity index is 334. The van der Waals surface area contributed by atoms with Gasteiger partial charge in [-0.2, -0.15) is 5.26 Å². The zero-order valence-corrected chi connectivity index (χ0v) is 8.40. The molecule has 0 aliphatic carbocycles. The number of cyclic esters (lactones) is 1. The van der Waals surface area contributed by atoms with Gasteiger partial charge >= 0.3 is 5.97 Å². The van der Waals surface area contributed by atoms with Crippen LogP contribution >= 0.6 is 11.8 Å². The number of rotatable bonds is 4. The van der Waals surface area contributed by atoms with Crippen LogP contribution in [0.4, 0.5) is 0 Å². The SMILES string of the molecule is N#CCSCC(O)C1OC(=O)C(O)=C1O. The molecular weight excluding hydrogens is 222 g/mol. The van der Waals surface area contributed by atoms with Crippen LogP contribution in [0.3, 0.4) is 0 Å². The molecule has 1 aliphatic rings. The van der Waals surface area contributed by atoms with Gasteiger partial charge in [0.05, 0.1) is 11.8 Å². The van der Waals surface area contributed by atoms with Crippen molar-refractivity contribution in [3.63, 3.8) is 0 Å². The van der Waals surface area contributed by atoms with Gasteiger partial charge in [0.2, 0.25) is 5.76 Å². The van der Waals surface area contributed by atoms with Crippen LogP contribution in [-0.4, -0.2) is 45.0 Å². The molecule has 82 valence electrons. The Kier molecular flexibility index (Phi) is 3.82. The van der Waals surface area contributed by atoms with Crippen molar-refractivity contribution in [3.8, 4) is 6.07 Å². The third-order valence-corrected chi connectivity index (χ3v) is 2.65. The van der Waals surface area contributed by atoms with Crippen molar-refractivity contribution >= 4 is 17.7 Å². The summed E-state index contributed by atoms with van der Waals surface area (Å²) in [6, 6.07) is 1.86. The first kappa shape index (κ1) is 11.7. The van der Waals surface area contributed by atoms with E-state index < -0.39 is 29.7 Å². The van der Waals surface area contributed by atoms with E-state index in [1.54, 1.807) is 0 Å². The lowest BCUT2D eigenvalue weighted by molar-refractivity contribution is -0.146. The van der Waals surface area contributed by atoms with Crippen molar-refractivity contribution in [2.24, 2.45) is 0 Å². The normalized spacial score (nSPS) is 22.4. The van der Waals surface area contributed by atoms with E-state index in [0.717, 1.165) is 11.8 Å². The second kappa shape index (κ2) is 4.91. The molecule has 0 fully saturated rings. The molecule has 0 amide bonds. The van der Waals surface area contributed by atoms with Crippen LogP contribution in [0.25, 0.3) is 0 Å². The minimum absolute atomic E-state index is 0.128. The van der Waals surface area contributed by atoms with Gasteiger partial charge in [0.1, 0.15) is 6.10 Å². The van der Waals surface area contributed by atoms with Crippen LogP contribution in [-0.2, 0) is 9.53 Å². The van der Waals surface area contributed by atoms with Gasteiger partial charge in [0.15, 0.2) is 11.9 Å². The summed E-state index contributed by atoms with van der Waals surface area (Å²) in [5.41, 5.74) is 0. The van der Waals surface area contributed by atoms with E-state index in [1.807, 2.05) is 6.07 Å². The summed E-state index contributed by atoms with van der Waals surface area (Å²) < 4.78 is 4.52. The summed E-state index contributed by atoms with van der Waals surface area (Å²) in [6.07, 6.45) is -2.37. The summed E-state index contributed by atoms with van der Waals surface area (Å²) in [7, 11) is 0. The smallest absolute Gasteiger partial charge is 0.377 e. The summed E-state index contributed by atoms with van der Waals surface area (Å²) in [5, 5.41) is 35.9. The van der Waals surface area contributed by atoms with Crippen LogP contribution in [0.15, 0.2) is 11.5 Å². The average molecular weight is 231 g/mol. The lowest BCUT2D eigenvalue weighted by Gasteiger charge is -2.15. The highest BCUT2D eigenvalue weighted by Crippen LogP contribution is 2.22. The predicted molar refractivity (Wildman–Crippen MR) is 51.1 cm³/mol. The van der Waals surface area contributed by atoms with E-state index in [2.05, 4.69) is 4.74 Å². The molecule has 0 aromatic rings. The number of aliphatic hydroxyl groups is 3. The number of nitrogens with zero attached hydrogens (tertiary/aromatic N) is 1. The number of nitriles is 1. The van der Waals surface area contributed by atoms with Crippen LogP contribution in [0.2, 0.25) is 0 Å². The Labute approximate surface area is 89.8 Å². The second-order valence-corrected chi connectivity index (χ2v) is 3.83. The van der Waals surface area contributed by atoms with E-state index in [1.165, 1.54) is 0 Å². The van der Waals surface area contributed by atoms with Gasteiger partial charge < -0.3 is 20.1 Å². The van der Waals surface area contributed by atoms with Crippen molar-refractivity contribution in [1.82, 2.24) is 0 Å². The zero-order chi connectivity index (χ0) is 11.4. The van der Waals surface area contributed by atoms with Gasteiger partial charge in [-0.25, -0.2) is 4.79 Å². The highest BCUT2D eigenvalue weighted by Gasteiger charge is 2.38. The number of hydrogen-bond acceptors (Lipinski definition) is 7. The molecule has 15 heavy (non-hydrogen) atoms. The molecule has 0 spiro atoms. The van der Waals surface area contributed by atoms with E-state index >= 15 is 0 Å². The van der Waals surface area contributed by atoms with Gasteiger partial charge in [0, 0.05) is 5.75 Å². The van der Waals surface area contributed by atoms with Crippen molar-refractivity contribution in [3.05, 3.63) is 11.5 Å². The van der Waals surface area contributed by atoms with Gasteiger partial charge in [-0.15, -0.1) is 11.8 Å². The van der Waals surface area contributed by atoms with Crippen molar-refractivity contribution in [1.29, 1.82) is 5.26 Å². The highest BCUT2D eigenvalue weighted by atomic mass is 32.2. The Hall–Kier alpha value is -1.39. The molecule has 2 atom stereocenters. The minimum atomic E-state index is -1.23. The molecule has 6 nitrogen and oxygen atoms in total. The molecule has 1 aliphatic heterocycles. The minimum Gasteiger partial charge on any atom is -0.505 e. The maximum Gasteiger partial charge on any atom is 0.377 e. The Balaban J connectivity index is 2.52. The van der Waals surface area contributed by atoms with Crippen LogP contribution in [0, 0.1) is 11.3 Å². The molecule has 1 heterocycles. The fourth-order valence-electron chi connectivity index (χ4n) is 1.04. The van der Waals surface area contributed by atoms with E-state index in [-0.39, 0.29) is 11.5 Å². The quantitative estimate of drug-likeness (QED) is 0.456. The largest absolute Gasteiger partial charge is 0.505 e. The first-order chi connectivity index (χ1) is 7.07. The Morgan fingerprint density at radius 3 is 2.73 bits per heavy atom. The molecule has 0 bridgehead atoms. The molecule has 0 saturated carbocycles. The number of thioether (sulfide) groups is 1. The average Bonchev–Trinajstić information content (AvgIpc) is 2.46. The third kappa shape index (κ3) is 2.55. The lowest BCUT2D eigenvalue weighted by Crippen LogP contribution is -2.30. The van der Waals surface area contributed by atoms with Gasteiger partial charge in [-0.3, -0.25) is 0 Å². The second-order valence-electron chi connectivity index (χ2n) is 2.80.